The lowest BCUT2D eigenvalue weighted by Crippen LogP contribution is -2.49. The number of nitrogens with zero attached hydrogens (tertiary/aromatic N) is 2. The summed E-state index contributed by atoms with van der Waals surface area (Å²) in [6.45, 7) is 1.35. The molecule has 3 heterocycles. The summed E-state index contributed by atoms with van der Waals surface area (Å²) in [7, 11) is -11.3. The fraction of sp³-hybridized carbons (Fsp3) is 0.537. The van der Waals surface area contributed by atoms with Crippen LogP contribution in [-0.2, 0) is 51.1 Å². The van der Waals surface area contributed by atoms with Crippen LogP contribution < -0.4 is 11.4 Å². The topological polar surface area (TPSA) is 303 Å². The van der Waals surface area contributed by atoms with Crippen LogP contribution >= 0.6 is 15.6 Å². The number of cyclic esters (lactones) is 1. The van der Waals surface area contributed by atoms with Gasteiger partial charge in [0, 0.05) is 25.0 Å². The van der Waals surface area contributed by atoms with Gasteiger partial charge in [0.25, 0.3) is 0 Å². The van der Waals surface area contributed by atoms with Crippen LogP contribution in [0.2, 0.25) is 0 Å². The summed E-state index contributed by atoms with van der Waals surface area (Å²) in [6, 6.07) is 1.27. The number of hydrogen-bond acceptors (Lipinski definition) is 17. The van der Waals surface area contributed by atoms with E-state index < -0.39 is 107 Å². The van der Waals surface area contributed by atoms with Crippen molar-refractivity contribution >= 4 is 39.2 Å². The van der Waals surface area contributed by atoms with E-state index in [1.165, 1.54) is 30.5 Å². The number of phosphoric ester groups is 2. The highest BCUT2D eigenvalue weighted by molar-refractivity contribution is 7.61. The Balaban J connectivity index is 1.76. The molecular formula is C54H79N3O17P2. The molecule has 0 spiro atoms. The van der Waals surface area contributed by atoms with Crippen LogP contribution in [0.1, 0.15) is 123 Å². The minimum Gasteiger partial charge on any atom is -0.462 e. The first-order chi connectivity index (χ1) is 36.4. The smallest absolute Gasteiger partial charge is 0.462 e. The number of carbonyl (C=O) groups is 3. The van der Waals surface area contributed by atoms with Crippen molar-refractivity contribution in [2.75, 3.05) is 25.6 Å². The van der Waals surface area contributed by atoms with Crippen LogP contribution in [0.25, 0.3) is 0 Å². The monoisotopic (exact) mass is 1100 g/mol. The molecule has 1 aromatic heterocycles. The van der Waals surface area contributed by atoms with Gasteiger partial charge in [-0.1, -0.05) is 136 Å². The van der Waals surface area contributed by atoms with Gasteiger partial charge in [-0.05, 0) is 82.8 Å². The highest BCUT2D eigenvalue weighted by Gasteiger charge is 2.42. The second-order valence-electron chi connectivity index (χ2n) is 17.9. The molecule has 76 heavy (non-hydrogen) atoms. The van der Waals surface area contributed by atoms with Crippen LogP contribution in [0, 0.1) is 11.8 Å². The normalized spacial score (nSPS) is 28.7. The summed E-state index contributed by atoms with van der Waals surface area (Å²) in [5.74, 6) is -4.83. The highest BCUT2D eigenvalue weighted by Crippen LogP contribution is 2.60. The number of anilines is 1. The molecule has 2 bridgehead atoms. The average molecular weight is 1100 g/mol. The van der Waals surface area contributed by atoms with Gasteiger partial charge in [0.15, 0.2) is 11.9 Å². The summed E-state index contributed by atoms with van der Waals surface area (Å²) >= 11 is 0. The minimum absolute atomic E-state index is 0.0400. The van der Waals surface area contributed by atoms with Crippen LogP contribution in [0.3, 0.4) is 0 Å². The molecule has 0 saturated carbocycles. The van der Waals surface area contributed by atoms with Gasteiger partial charge in [0.1, 0.15) is 30.9 Å². The molecule has 20 nitrogen and oxygen atoms in total. The third kappa shape index (κ3) is 27.4. The maximum atomic E-state index is 13.8. The van der Waals surface area contributed by atoms with Crippen molar-refractivity contribution in [1.82, 2.24) is 9.55 Å². The van der Waals surface area contributed by atoms with Gasteiger partial charge in [-0.2, -0.15) is 9.29 Å². The zero-order chi connectivity index (χ0) is 55.6. The summed E-state index contributed by atoms with van der Waals surface area (Å²) in [5.41, 5.74) is 4.83. The number of phosphoric acid groups is 2. The van der Waals surface area contributed by atoms with Gasteiger partial charge in [0.05, 0.1) is 31.3 Å². The lowest BCUT2D eigenvalue weighted by molar-refractivity contribution is -0.167. The number of carbonyl (C=O) groups excluding carboxylic acids is 3. The maximum absolute atomic E-state index is 13.8. The third-order valence-corrected chi connectivity index (χ3v) is 14.2. The fourth-order valence-electron chi connectivity index (χ4n) is 7.48. The Morgan fingerprint density at radius 3 is 2.09 bits per heavy atom. The second-order valence-corrected chi connectivity index (χ2v) is 21.0. The molecule has 0 amide bonds. The van der Waals surface area contributed by atoms with Gasteiger partial charge in [0.2, 0.25) is 0 Å². The van der Waals surface area contributed by atoms with E-state index in [1.807, 2.05) is 25.2 Å². The largest absolute Gasteiger partial charge is 0.481 e. The molecule has 1 aromatic rings. The molecule has 0 aliphatic carbocycles. The van der Waals surface area contributed by atoms with Crippen molar-refractivity contribution in [2.45, 2.75) is 153 Å². The molecule has 422 valence electrons. The van der Waals surface area contributed by atoms with Crippen LogP contribution in [-0.4, -0.2) is 103 Å². The number of ether oxygens (including phenoxy) is 3. The van der Waals surface area contributed by atoms with E-state index in [1.54, 1.807) is 18.2 Å². The Morgan fingerprint density at radius 1 is 0.855 bits per heavy atom. The highest BCUT2D eigenvalue weighted by atomic mass is 31.3. The Kier molecular flexibility index (Phi) is 31.8. The summed E-state index contributed by atoms with van der Waals surface area (Å²) in [4.78, 5) is 78.0. The Bertz CT molecular complexity index is 2360. The van der Waals surface area contributed by atoms with E-state index in [9.17, 15) is 53.4 Å². The molecule has 0 fully saturated rings. The van der Waals surface area contributed by atoms with E-state index in [0.29, 0.717) is 25.7 Å². The maximum Gasteiger partial charge on any atom is 0.481 e. The van der Waals surface area contributed by atoms with E-state index in [2.05, 4.69) is 64.8 Å². The van der Waals surface area contributed by atoms with Gasteiger partial charge >= 0.3 is 33.3 Å². The van der Waals surface area contributed by atoms with Crippen LogP contribution in [0.5, 0.6) is 0 Å². The molecule has 2 aliphatic heterocycles. The molecule has 2 unspecified atom stereocenters. The number of aliphatic hydroxyl groups excluding tert-OH is 3. The number of rotatable bonds is 22. The Hall–Kier alpha value is -4.95. The summed E-state index contributed by atoms with van der Waals surface area (Å²) in [6.07, 6.45) is 32.9. The Morgan fingerprint density at radius 2 is 1.47 bits per heavy atom. The SMILES string of the molecule is CC/C=C\C/C=C\C/C=C\C/C=C\C/C=C\C/C=C\CCC(=O)O[C@@H]1COC(=O)CCC/C=C\C[C@H]2/C=C\C(=O)[C@H](/C=C/[C@@H](O)CCCCC)[C@H](O)[C@H](O)[C@@H](COP(=O)(O)OP(=O)(O)OC1)O[C@H]2n1ccc(N)nc1=O. The molecule has 22 heteroatoms. The van der Waals surface area contributed by atoms with Crippen LogP contribution in [0.4, 0.5) is 5.82 Å². The number of nitrogens with two attached hydrogens (primary N) is 1. The van der Waals surface area contributed by atoms with Crippen molar-refractivity contribution in [3.63, 3.8) is 0 Å². The number of esters is 2. The van der Waals surface area contributed by atoms with E-state index in [0.717, 1.165) is 55.6 Å². The number of unbranched alkanes of at least 4 members (excludes halogenated alkanes) is 2. The molecule has 3 rings (SSSR count). The molecule has 7 N–H and O–H groups in total. The second kappa shape index (κ2) is 37.0. The lowest BCUT2D eigenvalue weighted by atomic mass is 9.88. The number of allylic oxidation sites excluding steroid dienone is 15. The Labute approximate surface area is 446 Å². The molecular weight excluding hydrogens is 1020 g/mol. The van der Waals surface area contributed by atoms with Gasteiger partial charge in [-0.25, -0.2) is 13.9 Å². The van der Waals surface area contributed by atoms with E-state index >= 15 is 0 Å². The summed E-state index contributed by atoms with van der Waals surface area (Å²) < 4.78 is 59.0. The number of fused-ring (bicyclic) bond motifs is 3. The first-order valence-corrected chi connectivity index (χ1v) is 28.9. The first kappa shape index (κ1) is 65.3. The summed E-state index contributed by atoms with van der Waals surface area (Å²) in [5, 5.41) is 33.9. The number of ketones is 1. The third-order valence-electron chi connectivity index (χ3n) is 11.6. The van der Waals surface area contributed by atoms with Crippen molar-refractivity contribution in [1.29, 1.82) is 0 Å². The zero-order valence-electron chi connectivity index (χ0n) is 43.6. The standard InChI is InChI=1S/C54H79N3O17P2/c1-3-5-7-8-9-10-11-12-13-14-15-16-17-18-19-20-21-22-28-32-50(61)72-44-39-69-49(60)31-27-24-23-26-29-42-33-36-46(59)45(35-34-43(58)30-25-6-4-2)51(62)52(63)47(41-71-76(67,68)74-75(65,66)70-40-44)73-53(42)57-38-37-48(55)56-54(57)64/h5,7,9-10,12-13,15-16,18-19,21-23,26,33-38,42-45,47,51-53,58,62-63H,3-4,6,8,11,14,17,20,24-25,27-32,39-41H2,1-2H3,(H,65,66)(H,67,68)(H2,55,56,64)/b7-5-,10-9-,13-12-,16-15-,19-18-,22-21-,26-23-,35-34+,36-33-/t42-,43-,44+,45-,47+,51-,52+,53+/m0/s1. The number of aromatic nitrogens is 2. The van der Waals surface area contributed by atoms with Crippen molar-refractivity contribution in [3.8, 4) is 0 Å². The lowest BCUT2D eigenvalue weighted by Gasteiger charge is -2.36. The molecule has 0 radical (unpaired) electrons. The molecule has 2 aliphatic rings. The average Bonchev–Trinajstić information content (AvgIpc) is 3.37. The van der Waals surface area contributed by atoms with E-state index in [4.69, 9.17) is 29.0 Å². The zero-order valence-corrected chi connectivity index (χ0v) is 45.4. The van der Waals surface area contributed by atoms with Crippen molar-refractivity contribution < 1.29 is 76.2 Å². The molecule has 0 saturated heterocycles. The first-order valence-electron chi connectivity index (χ1n) is 26.0. The van der Waals surface area contributed by atoms with Crippen LogP contribution in [0.15, 0.2) is 126 Å². The van der Waals surface area contributed by atoms with Gasteiger partial charge in [-0.15, -0.1) is 0 Å². The van der Waals surface area contributed by atoms with Crippen molar-refractivity contribution in [2.24, 2.45) is 11.8 Å². The predicted molar refractivity (Wildman–Crippen MR) is 288 cm³/mol. The van der Waals surface area contributed by atoms with Gasteiger partial charge in [-0.3, -0.25) is 28.0 Å². The number of hydrogen-bond donors (Lipinski definition) is 6. The minimum atomic E-state index is -5.70. The number of aliphatic hydroxyl groups is 3. The van der Waals surface area contributed by atoms with E-state index in [-0.39, 0.29) is 37.9 Å². The van der Waals surface area contributed by atoms with Crippen molar-refractivity contribution in [3.05, 3.63) is 132 Å². The molecule has 0 aromatic carbocycles. The predicted octanol–water partition coefficient (Wildman–Crippen LogP) is 8.61. The quantitative estimate of drug-likeness (QED) is 0.0274. The fourth-order valence-corrected chi connectivity index (χ4v) is 9.59. The van der Waals surface area contributed by atoms with Gasteiger partial charge < -0.3 is 45.1 Å². The molecule has 10 atom stereocenters. The number of nitrogen functional groups attached to an aromatic ring is 1.